The molecule has 1 aromatic carbocycles. The van der Waals surface area contributed by atoms with Crippen LogP contribution in [0.3, 0.4) is 0 Å². The first kappa shape index (κ1) is 23.4. The Morgan fingerprint density at radius 3 is 2.61 bits per heavy atom. The zero-order chi connectivity index (χ0) is 23.2. The Balaban J connectivity index is 1.66. The quantitative estimate of drug-likeness (QED) is 0.401. The molecule has 0 spiro atoms. The van der Waals surface area contributed by atoms with Crippen molar-refractivity contribution in [2.45, 2.75) is 57.7 Å². The number of halogens is 3. The molecular formula is C24H29F3N4O2. The molecule has 6 nitrogen and oxygen atoms in total. The van der Waals surface area contributed by atoms with E-state index in [1.807, 2.05) is 24.3 Å². The van der Waals surface area contributed by atoms with Gasteiger partial charge < -0.3 is 19.4 Å². The summed E-state index contributed by atoms with van der Waals surface area (Å²) in [6.45, 7) is -1.71. The fraction of sp³-hybridized carbons (Fsp3) is 0.500. The van der Waals surface area contributed by atoms with Gasteiger partial charge in [0.1, 0.15) is 24.7 Å². The normalized spacial score (nSPS) is 15.8. The summed E-state index contributed by atoms with van der Waals surface area (Å²) in [5, 5.41) is 3.97. The average Bonchev–Trinajstić information content (AvgIpc) is 3.21. The predicted molar refractivity (Wildman–Crippen MR) is 122 cm³/mol. The van der Waals surface area contributed by atoms with Crippen LogP contribution in [0.5, 0.6) is 5.75 Å². The van der Waals surface area contributed by atoms with Crippen LogP contribution in [0.15, 0.2) is 36.7 Å². The first-order valence-corrected chi connectivity index (χ1v) is 11.4. The summed E-state index contributed by atoms with van der Waals surface area (Å²) in [6.07, 6.45) is 9.67. The number of rotatable bonds is 10. The number of nitrogens with zero attached hydrogens (tertiary/aromatic N) is 3. The van der Waals surface area contributed by atoms with E-state index >= 15 is 0 Å². The minimum atomic E-state index is -2.81. The predicted octanol–water partition coefficient (Wildman–Crippen LogP) is 5.99. The maximum Gasteiger partial charge on any atom is 0.345 e. The van der Waals surface area contributed by atoms with Crippen LogP contribution in [-0.4, -0.2) is 47.1 Å². The van der Waals surface area contributed by atoms with E-state index in [0.717, 1.165) is 35.0 Å². The smallest absolute Gasteiger partial charge is 0.345 e. The second-order valence-electron chi connectivity index (χ2n) is 8.37. The standard InChI is InChI=1S/C24H29F3N4O2/c1-16(15-33-23(26)27)29-24-28-13-20-21(17-7-9-19(10-8-17)32-12-11-25)14-31(22(20)30-24)18-5-3-2-4-6-18/h7-10,13-14,16,18,23H,2-6,11-12,15H2,1H3,(H,28,29,30)/t16-/m0/s1. The van der Waals surface area contributed by atoms with Gasteiger partial charge in [0.15, 0.2) is 0 Å². The van der Waals surface area contributed by atoms with Gasteiger partial charge in [-0.2, -0.15) is 13.8 Å². The van der Waals surface area contributed by atoms with Gasteiger partial charge in [0.25, 0.3) is 0 Å². The lowest BCUT2D eigenvalue weighted by molar-refractivity contribution is -0.130. The highest BCUT2D eigenvalue weighted by molar-refractivity contribution is 5.94. The third-order valence-electron chi connectivity index (χ3n) is 5.90. The minimum absolute atomic E-state index is 0.0325. The number of hydrogen-bond donors (Lipinski definition) is 1. The third kappa shape index (κ3) is 5.76. The second-order valence-corrected chi connectivity index (χ2v) is 8.37. The number of aromatic nitrogens is 3. The minimum Gasteiger partial charge on any atom is -0.491 e. The molecule has 4 rings (SSSR count). The molecule has 0 saturated heterocycles. The monoisotopic (exact) mass is 462 g/mol. The zero-order valence-electron chi connectivity index (χ0n) is 18.6. The highest BCUT2D eigenvalue weighted by Gasteiger charge is 2.21. The van der Waals surface area contributed by atoms with E-state index in [0.29, 0.717) is 17.7 Å². The van der Waals surface area contributed by atoms with Crippen molar-refractivity contribution >= 4 is 17.0 Å². The Bertz CT molecular complexity index is 1040. The van der Waals surface area contributed by atoms with Crippen LogP contribution in [-0.2, 0) is 4.74 Å². The number of alkyl halides is 3. The first-order chi connectivity index (χ1) is 16.0. The molecule has 178 valence electrons. The molecule has 9 heteroatoms. The molecule has 0 amide bonds. The van der Waals surface area contributed by atoms with Crippen molar-refractivity contribution in [1.29, 1.82) is 0 Å². The molecule has 33 heavy (non-hydrogen) atoms. The molecule has 1 fully saturated rings. The lowest BCUT2D eigenvalue weighted by Crippen LogP contribution is -2.24. The van der Waals surface area contributed by atoms with Crippen molar-refractivity contribution in [2.75, 3.05) is 25.2 Å². The van der Waals surface area contributed by atoms with Crippen molar-refractivity contribution in [3.63, 3.8) is 0 Å². The number of fused-ring (bicyclic) bond motifs is 1. The van der Waals surface area contributed by atoms with Crippen LogP contribution in [0, 0.1) is 0 Å². The van der Waals surface area contributed by atoms with Gasteiger partial charge in [0.05, 0.1) is 6.61 Å². The SMILES string of the molecule is C[C@@H](COC(F)F)Nc1ncc2c(-c3ccc(OCCF)cc3)cn(C3CCCCC3)c2n1. The third-order valence-corrected chi connectivity index (χ3v) is 5.90. The molecule has 0 radical (unpaired) electrons. The van der Waals surface area contributed by atoms with Gasteiger partial charge in [-0.25, -0.2) is 9.37 Å². The molecule has 1 saturated carbocycles. The fourth-order valence-corrected chi connectivity index (χ4v) is 4.33. The zero-order valence-corrected chi connectivity index (χ0v) is 18.6. The number of hydrogen-bond acceptors (Lipinski definition) is 5. The second kappa shape index (κ2) is 10.9. The van der Waals surface area contributed by atoms with Crippen LogP contribution < -0.4 is 10.1 Å². The highest BCUT2D eigenvalue weighted by atomic mass is 19.3. The van der Waals surface area contributed by atoms with Gasteiger partial charge in [0.2, 0.25) is 5.95 Å². The van der Waals surface area contributed by atoms with Crippen molar-refractivity contribution in [1.82, 2.24) is 14.5 Å². The van der Waals surface area contributed by atoms with Crippen molar-refractivity contribution in [3.8, 4) is 16.9 Å². The topological polar surface area (TPSA) is 61.2 Å². The van der Waals surface area contributed by atoms with Gasteiger partial charge in [0, 0.05) is 35.4 Å². The highest BCUT2D eigenvalue weighted by Crippen LogP contribution is 2.37. The summed E-state index contributed by atoms with van der Waals surface area (Å²) < 4.78 is 49.0. The summed E-state index contributed by atoms with van der Waals surface area (Å²) in [5.74, 6) is 1.000. The van der Waals surface area contributed by atoms with Crippen molar-refractivity contribution in [2.24, 2.45) is 0 Å². The van der Waals surface area contributed by atoms with E-state index in [2.05, 4.69) is 25.8 Å². The summed E-state index contributed by atoms with van der Waals surface area (Å²) in [7, 11) is 0. The van der Waals surface area contributed by atoms with E-state index < -0.39 is 13.3 Å². The Morgan fingerprint density at radius 1 is 1.15 bits per heavy atom. The van der Waals surface area contributed by atoms with Gasteiger partial charge in [-0.1, -0.05) is 31.4 Å². The number of nitrogens with one attached hydrogen (secondary N) is 1. The Morgan fingerprint density at radius 2 is 1.91 bits per heavy atom. The van der Waals surface area contributed by atoms with E-state index in [9.17, 15) is 13.2 Å². The molecule has 1 aliphatic carbocycles. The largest absolute Gasteiger partial charge is 0.491 e. The van der Waals surface area contributed by atoms with Crippen molar-refractivity contribution in [3.05, 3.63) is 36.7 Å². The van der Waals surface area contributed by atoms with Crippen LogP contribution in [0.4, 0.5) is 19.1 Å². The number of anilines is 1. The summed E-state index contributed by atoms with van der Waals surface area (Å²) in [5.41, 5.74) is 2.81. The molecule has 1 aliphatic rings. The van der Waals surface area contributed by atoms with Crippen LogP contribution in [0.25, 0.3) is 22.2 Å². The molecule has 1 atom stereocenters. The Kier molecular flexibility index (Phi) is 7.69. The lowest BCUT2D eigenvalue weighted by atomic mass is 9.95. The van der Waals surface area contributed by atoms with Crippen LogP contribution in [0.2, 0.25) is 0 Å². The summed E-state index contributed by atoms with van der Waals surface area (Å²) in [4.78, 5) is 9.18. The maximum absolute atomic E-state index is 12.4. The van der Waals surface area contributed by atoms with Crippen molar-refractivity contribution < 1.29 is 22.6 Å². The molecule has 0 unspecified atom stereocenters. The average molecular weight is 463 g/mol. The lowest BCUT2D eigenvalue weighted by Gasteiger charge is -2.24. The van der Waals surface area contributed by atoms with Gasteiger partial charge in [-0.3, -0.25) is 0 Å². The van der Waals surface area contributed by atoms with E-state index in [1.165, 1.54) is 19.3 Å². The first-order valence-electron chi connectivity index (χ1n) is 11.4. The van der Waals surface area contributed by atoms with E-state index in [1.54, 1.807) is 13.1 Å². The van der Waals surface area contributed by atoms with Gasteiger partial charge >= 0.3 is 6.61 Å². The van der Waals surface area contributed by atoms with Crippen LogP contribution in [0.1, 0.15) is 45.1 Å². The number of ether oxygens (including phenoxy) is 2. The molecule has 3 aromatic rings. The van der Waals surface area contributed by atoms with E-state index in [-0.39, 0.29) is 19.3 Å². The maximum atomic E-state index is 12.4. The molecule has 1 N–H and O–H groups in total. The molecule has 0 bridgehead atoms. The summed E-state index contributed by atoms with van der Waals surface area (Å²) in [6, 6.07) is 7.54. The number of benzene rings is 1. The van der Waals surface area contributed by atoms with Gasteiger partial charge in [-0.05, 0) is 37.5 Å². The molecule has 0 aliphatic heterocycles. The Hall–Kier alpha value is -2.81. The summed E-state index contributed by atoms with van der Waals surface area (Å²) >= 11 is 0. The van der Waals surface area contributed by atoms with E-state index in [4.69, 9.17) is 9.72 Å². The van der Waals surface area contributed by atoms with Crippen LogP contribution >= 0.6 is 0 Å². The molecular weight excluding hydrogens is 433 g/mol. The molecule has 2 heterocycles. The van der Waals surface area contributed by atoms with Gasteiger partial charge in [-0.15, -0.1) is 0 Å². The Labute approximate surface area is 191 Å². The molecule has 2 aromatic heterocycles. The fourth-order valence-electron chi connectivity index (χ4n) is 4.33.